The van der Waals surface area contributed by atoms with Crippen molar-refractivity contribution >= 4 is 11.9 Å². The Bertz CT molecular complexity index is 1000. The Hall–Kier alpha value is -1.34. The fraction of sp³-hybridized carbons (Fsp3) is 0.967. The molecule has 426 valence electrons. The van der Waals surface area contributed by atoms with Crippen molar-refractivity contribution in [2.24, 2.45) is 11.8 Å². The number of hydrogen-bond acceptors (Lipinski definition) is 11. The summed E-state index contributed by atoms with van der Waals surface area (Å²) in [6, 6.07) is 0. The maximum atomic E-state index is 11.7. The molecule has 1 aliphatic rings. The number of aliphatic hydroxyl groups is 2. The molecule has 71 heavy (non-hydrogen) atoms. The van der Waals surface area contributed by atoms with Gasteiger partial charge in [-0.2, -0.15) is 0 Å². The number of ether oxygens (including phenoxy) is 5. The number of unbranched alkanes of at least 4 members (excludes halogenated alkanes) is 20. The van der Waals surface area contributed by atoms with Gasteiger partial charge < -0.3 is 43.7 Å². The van der Waals surface area contributed by atoms with Crippen LogP contribution in [0.2, 0.25) is 0 Å². The van der Waals surface area contributed by atoms with Crippen molar-refractivity contribution in [1.82, 2.24) is 9.80 Å². The maximum absolute atomic E-state index is 11.7. The van der Waals surface area contributed by atoms with Crippen LogP contribution in [0, 0.1) is 11.8 Å². The van der Waals surface area contributed by atoms with E-state index in [2.05, 4.69) is 27.7 Å². The Balaban J connectivity index is 0. The minimum atomic E-state index is -0.514. The zero-order valence-electron chi connectivity index (χ0n) is 48.5. The Morgan fingerprint density at radius 3 is 1.30 bits per heavy atom. The van der Waals surface area contributed by atoms with Crippen LogP contribution < -0.4 is 0 Å². The first-order valence-electron chi connectivity index (χ1n) is 30.3. The molecule has 0 bridgehead atoms. The van der Waals surface area contributed by atoms with E-state index in [0.717, 1.165) is 64.1 Å². The Morgan fingerprint density at radius 2 is 0.901 bits per heavy atom. The maximum Gasteiger partial charge on any atom is 0.309 e. The number of hydrogen-bond donors (Lipinski definition) is 2. The van der Waals surface area contributed by atoms with Crippen LogP contribution in [-0.4, -0.2) is 131 Å². The first-order valence-corrected chi connectivity index (χ1v) is 30.3. The fourth-order valence-corrected chi connectivity index (χ4v) is 8.80. The summed E-state index contributed by atoms with van der Waals surface area (Å²) >= 11 is 0. The van der Waals surface area contributed by atoms with E-state index in [1.54, 1.807) is 0 Å². The summed E-state index contributed by atoms with van der Waals surface area (Å²) < 4.78 is 27.8. The molecule has 0 aromatic carbocycles. The van der Waals surface area contributed by atoms with Crippen LogP contribution in [0.1, 0.15) is 266 Å². The van der Waals surface area contributed by atoms with Gasteiger partial charge in [-0.05, 0) is 84.5 Å². The molecule has 1 heterocycles. The van der Waals surface area contributed by atoms with Crippen molar-refractivity contribution in [2.75, 3.05) is 87.0 Å². The molecule has 1 saturated heterocycles. The molecule has 0 radical (unpaired) electrons. The van der Waals surface area contributed by atoms with Gasteiger partial charge in [-0.3, -0.25) is 9.59 Å². The quantitative estimate of drug-likeness (QED) is 0.0447. The summed E-state index contributed by atoms with van der Waals surface area (Å²) in [5.41, 5.74) is 0. The van der Waals surface area contributed by atoms with Gasteiger partial charge in [0.05, 0.1) is 18.9 Å². The predicted molar refractivity (Wildman–Crippen MR) is 299 cm³/mol. The second-order valence-corrected chi connectivity index (χ2v) is 21.1. The lowest BCUT2D eigenvalue weighted by Gasteiger charge is -2.17. The molecule has 1 fully saturated rings. The highest BCUT2D eigenvalue weighted by Gasteiger charge is 2.29. The van der Waals surface area contributed by atoms with E-state index in [1.807, 2.05) is 37.9 Å². The Kier molecular flexibility index (Phi) is 58.5. The number of nitrogens with zero attached hydrogens (tertiary/aromatic N) is 2. The first kappa shape index (κ1) is 71.7. The van der Waals surface area contributed by atoms with E-state index >= 15 is 0 Å². The number of rotatable bonds is 50. The van der Waals surface area contributed by atoms with E-state index in [4.69, 9.17) is 33.9 Å². The van der Waals surface area contributed by atoms with Crippen LogP contribution in [0.15, 0.2) is 0 Å². The van der Waals surface area contributed by atoms with E-state index < -0.39 is 6.29 Å². The van der Waals surface area contributed by atoms with E-state index in [9.17, 15) is 9.59 Å². The minimum absolute atomic E-state index is 0.186. The topological polar surface area (TPSA) is 127 Å². The summed E-state index contributed by atoms with van der Waals surface area (Å²) in [6.45, 7) is 18.2. The molecule has 0 amide bonds. The van der Waals surface area contributed by atoms with Crippen molar-refractivity contribution < 1.29 is 43.5 Å². The molecule has 2 N–H and O–H groups in total. The normalized spacial score (nSPS) is 14.6. The van der Waals surface area contributed by atoms with Gasteiger partial charge in [-0.1, -0.05) is 202 Å². The van der Waals surface area contributed by atoms with Gasteiger partial charge in [0.2, 0.25) is 6.29 Å². The van der Waals surface area contributed by atoms with Crippen LogP contribution in [0.25, 0.3) is 0 Å². The zero-order chi connectivity index (χ0) is 52.7. The van der Waals surface area contributed by atoms with E-state index in [-0.39, 0.29) is 24.6 Å². The molecule has 0 aromatic heterocycles. The number of esters is 2. The third-order valence-electron chi connectivity index (χ3n) is 13.9. The van der Waals surface area contributed by atoms with Gasteiger partial charge in [-0.25, -0.2) is 0 Å². The molecule has 1 aliphatic heterocycles. The molecular weight excluding hydrogens is 893 g/mol. The summed E-state index contributed by atoms with van der Waals surface area (Å²) in [5.74, 6) is 1.31. The Labute approximate surface area is 440 Å². The van der Waals surface area contributed by atoms with Gasteiger partial charge in [0.25, 0.3) is 0 Å². The number of aliphatic hydroxyl groups excluding tert-OH is 2. The molecular formula is C60H122N2O9. The van der Waals surface area contributed by atoms with Crippen molar-refractivity contribution in [3.63, 3.8) is 0 Å². The van der Waals surface area contributed by atoms with Crippen LogP contribution in [-0.2, 0) is 33.3 Å². The molecule has 0 unspecified atom stereocenters. The molecule has 0 saturated carbocycles. The second-order valence-electron chi connectivity index (χ2n) is 21.1. The van der Waals surface area contributed by atoms with Crippen LogP contribution in [0.4, 0.5) is 0 Å². The largest absolute Gasteiger partial charge is 0.463 e. The molecule has 11 nitrogen and oxygen atoms in total. The second kappa shape index (κ2) is 57.9. The highest BCUT2D eigenvalue weighted by atomic mass is 16.7. The summed E-state index contributed by atoms with van der Waals surface area (Å²) in [5, 5.41) is 17.5. The smallest absolute Gasteiger partial charge is 0.309 e. The van der Waals surface area contributed by atoms with Gasteiger partial charge in [-0.15, -0.1) is 0 Å². The first-order chi connectivity index (χ1) is 34.6. The lowest BCUT2D eigenvalue weighted by atomic mass is 9.92. The average molecular weight is 1020 g/mol. The summed E-state index contributed by atoms with van der Waals surface area (Å²) in [4.78, 5) is 27.2. The molecule has 0 aromatic rings. The van der Waals surface area contributed by atoms with Crippen molar-refractivity contribution in [3.05, 3.63) is 0 Å². The lowest BCUT2D eigenvalue weighted by molar-refractivity contribution is -0.180. The third-order valence-corrected chi connectivity index (χ3v) is 13.9. The predicted octanol–water partition coefficient (Wildman–Crippen LogP) is 14.7. The van der Waals surface area contributed by atoms with Crippen molar-refractivity contribution in [3.8, 4) is 0 Å². The third kappa shape index (κ3) is 54.7. The van der Waals surface area contributed by atoms with Crippen LogP contribution in [0.3, 0.4) is 0 Å². The minimum Gasteiger partial charge on any atom is -0.463 e. The van der Waals surface area contributed by atoms with Crippen molar-refractivity contribution in [1.29, 1.82) is 0 Å². The molecule has 0 spiro atoms. The lowest BCUT2D eigenvalue weighted by Crippen LogP contribution is -2.26. The Morgan fingerprint density at radius 1 is 0.493 bits per heavy atom. The zero-order valence-corrected chi connectivity index (χ0v) is 48.5. The molecule has 11 heteroatoms. The van der Waals surface area contributed by atoms with Gasteiger partial charge in [0, 0.05) is 59.2 Å². The van der Waals surface area contributed by atoms with Crippen LogP contribution in [0.5, 0.6) is 0 Å². The van der Waals surface area contributed by atoms with Crippen molar-refractivity contribution in [2.45, 2.75) is 278 Å². The van der Waals surface area contributed by atoms with Crippen LogP contribution >= 0.6 is 0 Å². The van der Waals surface area contributed by atoms with E-state index in [0.29, 0.717) is 45.6 Å². The molecule has 0 aliphatic carbocycles. The monoisotopic (exact) mass is 1010 g/mol. The number of carbonyl (C=O) groups is 2. The average Bonchev–Trinajstić information content (AvgIpc) is 3.82. The number of carbonyl (C=O) groups excluding carboxylic acids is 2. The highest BCUT2D eigenvalue weighted by molar-refractivity contribution is 5.70. The molecule has 1 rings (SSSR count). The van der Waals surface area contributed by atoms with E-state index in [1.165, 1.54) is 193 Å². The standard InChI is InChI=1S/2C22H46O2.C16H30N2O5/c2*1-3-5-12-16-22(17-13-6-4-2)18-21-24-20-15-11-9-7-8-10-14-19-23;1-5-18(4)11-9-15(20)23-16-7-6-13(22-16)12-21-14(19)8-10-17(2)3/h2*22-23H,3-21H2,1-2H3;13,16H,5-12H2,1-4H3/t;;13-,16-/m..0/s1. The van der Waals surface area contributed by atoms with Gasteiger partial charge in [0.1, 0.15) is 6.61 Å². The highest BCUT2D eigenvalue weighted by Crippen LogP contribution is 2.24. The van der Waals surface area contributed by atoms with Gasteiger partial charge >= 0.3 is 11.9 Å². The SMILES string of the molecule is CCCCCC(CCCCC)CCOCCCCCCCCCO.CCCCCC(CCCCC)CCOCCCCCCCCCO.CCN(C)CCC(=O)O[C@H]1CC[C@@H](COC(=O)CCN(C)C)O1. The molecule has 2 atom stereocenters. The summed E-state index contributed by atoms with van der Waals surface area (Å²) in [6.07, 6.45) is 43.3. The summed E-state index contributed by atoms with van der Waals surface area (Å²) in [7, 11) is 5.77. The fourth-order valence-electron chi connectivity index (χ4n) is 8.80. The van der Waals surface area contributed by atoms with Gasteiger partial charge in [0.15, 0.2) is 0 Å².